The van der Waals surface area contributed by atoms with Crippen molar-refractivity contribution in [3.05, 3.63) is 65.0 Å². The van der Waals surface area contributed by atoms with Crippen molar-refractivity contribution in [2.24, 2.45) is 0 Å². The molecule has 2 N–H and O–H groups in total. The summed E-state index contributed by atoms with van der Waals surface area (Å²) in [6.45, 7) is 4.19. The highest BCUT2D eigenvalue weighted by atomic mass is 32.1. The predicted molar refractivity (Wildman–Crippen MR) is 98.8 cm³/mol. The van der Waals surface area contributed by atoms with Crippen molar-refractivity contribution in [1.82, 2.24) is 19.8 Å². The van der Waals surface area contributed by atoms with Crippen LogP contribution in [0.1, 0.15) is 22.5 Å². The van der Waals surface area contributed by atoms with Gasteiger partial charge in [0, 0.05) is 12.1 Å². The number of phenolic OH excluding ortho intramolecular Hbond substituents is 1. The van der Waals surface area contributed by atoms with E-state index < -0.39 is 0 Å². The largest absolute Gasteiger partial charge is 0.508 e. The van der Waals surface area contributed by atoms with E-state index in [1.54, 1.807) is 16.6 Å². The van der Waals surface area contributed by atoms with Gasteiger partial charge in [0.05, 0.1) is 0 Å². The van der Waals surface area contributed by atoms with E-state index in [4.69, 9.17) is 0 Å². The van der Waals surface area contributed by atoms with Gasteiger partial charge in [0.25, 0.3) is 0 Å². The molecule has 2 aromatic heterocycles. The second-order valence-corrected chi connectivity index (χ2v) is 6.94. The molecule has 2 heterocycles. The Morgan fingerprint density at radius 3 is 2.60 bits per heavy atom. The molecule has 0 aliphatic carbocycles. The van der Waals surface area contributed by atoms with Gasteiger partial charge in [0.1, 0.15) is 5.75 Å². The molecule has 25 heavy (non-hydrogen) atoms. The number of phenols is 1. The highest BCUT2D eigenvalue weighted by Gasteiger charge is 2.12. The molecule has 2 aromatic carbocycles. The minimum atomic E-state index is 0.253. The Hall–Kier alpha value is -2.93. The molecule has 0 spiro atoms. The van der Waals surface area contributed by atoms with Gasteiger partial charge in [-0.3, -0.25) is 0 Å². The van der Waals surface area contributed by atoms with Gasteiger partial charge >= 0.3 is 0 Å². The number of nitrogens with zero attached hydrogens (tertiary/aromatic N) is 4. The number of hydrogen-bond acceptors (Lipinski definition) is 6. The monoisotopic (exact) mass is 351 g/mol. The lowest BCUT2D eigenvalue weighted by molar-refractivity contribution is 0.475. The zero-order valence-electron chi connectivity index (χ0n) is 13.9. The van der Waals surface area contributed by atoms with Gasteiger partial charge < -0.3 is 10.4 Å². The van der Waals surface area contributed by atoms with Crippen LogP contribution in [-0.2, 0) is 6.42 Å². The average Bonchev–Trinajstić information content (AvgIpc) is 3.14. The number of aryl methyl sites for hydroxylation is 2. The fourth-order valence-electron chi connectivity index (χ4n) is 2.56. The Kier molecular flexibility index (Phi) is 3.85. The molecule has 0 saturated carbocycles. The summed E-state index contributed by atoms with van der Waals surface area (Å²) in [5, 5.41) is 26.5. The third-order valence-electron chi connectivity index (χ3n) is 4.11. The normalized spacial score (nSPS) is 11.1. The Bertz CT molecular complexity index is 1040. The summed E-state index contributed by atoms with van der Waals surface area (Å²) in [5.41, 5.74) is 4.55. The van der Waals surface area contributed by atoms with Crippen molar-refractivity contribution in [3.8, 4) is 5.75 Å². The second kappa shape index (κ2) is 6.18. The Morgan fingerprint density at radius 2 is 1.84 bits per heavy atom. The summed E-state index contributed by atoms with van der Waals surface area (Å²) in [7, 11) is 0. The molecule has 0 radical (unpaired) electrons. The zero-order valence-corrected chi connectivity index (χ0v) is 14.7. The van der Waals surface area contributed by atoms with Gasteiger partial charge in [0.15, 0.2) is 5.82 Å². The maximum atomic E-state index is 9.38. The van der Waals surface area contributed by atoms with Gasteiger partial charge in [-0.15, -0.1) is 15.3 Å². The molecule has 0 atom stereocenters. The number of aromatic nitrogens is 4. The molecule has 0 fully saturated rings. The molecule has 0 aliphatic heterocycles. The molecule has 4 rings (SSSR count). The first kappa shape index (κ1) is 15.6. The van der Waals surface area contributed by atoms with Crippen LogP contribution in [-0.4, -0.2) is 24.9 Å². The zero-order chi connectivity index (χ0) is 17.4. The van der Waals surface area contributed by atoms with Crippen LogP contribution >= 0.6 is 11.3 Å². The number of anilines is 2. The summed E-state index contributed by atoms with van der Waals surface area (Å²) in [5.74, 6) is 1.02. The molecule has 0 amide bonds. The van der Waals surface area contributed by atoms with Crippen LogP contribution in [0.25, 0.3) is 4.96 Å². The minimum Gasteiger partial charge on any atom is -0.508 e. The van der Waals surface area contributed by atoms with Gasteiger partial charge in [-0.25, -0.2) is 0 Å². The quantitative estimate of drug-likeness (QED) is 0.584. The highest BCUT2D eigenvalue weighted by molar-refractivity contribution is 7.20. The number of fused-ring (bicyclic) bond motifs is 1. The molecule has 0 unspecified atom stereocenters. The smallest absolute Gasteiger partial charge is 0.236 e. The van der Waals surface area contributed by atoms with Crippen molar-refractivity contribution in [2.75, 3.05) is 5.32 Å². The lowest BCUT2D eigenvalue weighted by Gasteiger charge is -2.05. The number of benzene rings is 2. The maximum absolute atomic E-state index is 9.38. The topological polar surface area (TPSA) is 75.3 Å². The first-order chi connectivity index (χ1) is 12.1. The van der Waals surface area contributed by atoms with E-state index in [-0.39, 0.29) is 5.75 Å². The molecule has 0 bridgehead atoms. The van der Waals surface area contributed by atoms with Gasteiger partial charge in [0.2, 0.25) is 10.1 Å². The maximum Gasteiger partial charge on any atom is 0.236 e. The van der Waals surface area contributed by atoms with E-state index in [9.17, 15) is 5.11 Å². The summed E-state index contributed by atoms with van der Waals surface area (Å²) >= 11 is 1.46. The Morgan fingerprint density at radius 1 is 1.04 bits per heavy atom. The average molecular weight is 351 g/mol. The third kappa shape index (κ3) is 3.18. The van der Waals surface area contributed by atoms with Crippen LogP contribution in [0.15, 0.2) is 42.5 Å². The van der Waals surface area contributed by atoms with E-state index >= 15 is 0 Å². The summed E-state index contributed by atoms with van der Waals surface area (Å²) in [6, 6.07) is 13.3. The molecule has 0 aliphatic rings. The Labute approximate surface area is 148 Å². The number of aromatic hydroxyl groups is 1. The summed E-state index contributed by atoms with van der Waals surface area (Å²) < 4.78 is 1.76. The highest BCUT2D eigenvalue weighted by Crippen LogP contribution is 2.25. The van der Waals surface area contributed by atoms with Crippen LogP contribution in [0.5, 0.6) is 5.75 Å². The number of rotatable bonds is 4. The molecule has 6 nitrogen and oxygen atoms in total. The van der Waals surface area contributed by atoms with E-state index in [1.807, 2.05) is 18.2 Å². The first-order valence-corrected chi connectivity index (χ1v) is 8.73. The SMILES string of the molecule is Cc1ccc(Nc2nn3c(Cc4ccc(O)cc4)nnc3s2)cc1C. The van der Waals surface area contributed by atoms with E-state index in [0.29, 0.717) is 6.42 Å². The number of hydrogen-bond donors (Lipinski definition) is 2. The van der Waals surface area contributed by atoms with Crippen molar-refractivity contribution < 1.29 is 5.11 Å². The minimum absolute atomic E-state index is 0.253. The first-order valence-electron chi connectivity index (χ1n) is 7.92. The predicted octanol–water partition coefficient (Wildman–Crippen LogP) is 3.84. The Balaban J connectivity index is 1.59. The van der Waals surface area contributed by atoms with Crippen molar-refractivity contribution in [1.29, 1.82) is 0 Å². The fourth-order valence-corrected chi connectivity index (χ4v) is 3.34. The molecule has 7 heteroatoms. The third-order valence-corrected chi connectivity index (χ3v) is 4.93. The van der Waals surface area contributed by atoms with Crippen molar-refractivity contribution in [3.63, 3.8) is 0 Å². The van der Waals surface area contributed by atoms with Gasteiger partial charge in [-0.05, 0) is 54.8 Å². The molecule has 4 aromatic rings. The van der Waals surface area contributed by atoms with E-state index in [0.717, 1.165) is 27.2 Å². The number of nitrogens with one attached hydrogen (secondary N) is 1. The summed E-state index contributed by atoms with van der Waals surface area (Å²) in [4.78, 5) is 0.750. The second-order valence-electron chi connectivity index (χ2n) is 5.99. The molecule has 0 saturated heterocycles. The van der Waals surface area contributed by atoms with E-state index in [2.05, 4.69) is 46.6 Å². The molecule has 126 valence electrons. The van der Waals surface area contributed by atoms with Gasteiger partial charge in [-0.2, -0.15) is 4.52 Å². The van der Waals surface area contributed by atoms with Crippen molar-refractivity contribution in [2.45, 2.75) is 20.3 Å². The van der Waals surface area contributed by atoms with Crippen molar-refractivity contribution >= 4 is 27.1 Å². The van der Waals surface area contributed by atoms with Crippen LogP contribution in [0.2, 0.25) is 0 Å². The molecular formula is C18H17N5OS. The lowest BCUT2D eigenvalue weighted by Crippen LogP contribution is -1.99. The van der Waals surface area contributed by atoms with Crippen LogP contribution in [0.3, 0.4) is 0 Å². The lowest BCUT2D eigenvalue weighted by atomic mass is 10.1. The standard InChI is InChI=1S/C18H17N5OS/c1-11-3-6-14(9-12(11)2)19-17-22-23-16(20-21-18(23)25-17)10-13-4-7-15(24)8-5-13/h3-9,24H,10H2,1-2H3,(H,19,22). The van der Waals surface area contributed by atoms with E-state index in [1.165, 1.54) is 22.5 Å². The fraction of sp³-hybridized carbons (Fsp3) is 0.167. The molecular weight excluding hydrogens is 334 g/mol. The van der Waals surface area contributed by atoms with Crippen LogP contribution < -0.4 is 5.32 Å². The van der Waals surface area contributed by atoms with Crippen LogP contribution in [0, 0.1) is 13.8 Å². The van der Waals surface area contributed by atoms with Gasteiger partial charge in [-0.1, -0.05) is 29.5 Å². The van der Waals surface area contributed by atoms with Crippen LogP contribution in [0.4, 0.5) is 10.8 Å². The summed E-state index contributed by atoms with van der Waals surface area (Å²) in [6.07, 6.45) is 0.605.